The Morgan fingerprint density at radius 1 is 0.860 bits per heavy atom. The van der Waals surface area contributed by atoms with E-state index in [0.29, 0.717) is 11.3 Å². The van der Waals surface area contributed by atoms with Crippen molar-refractivity contribution >= 4 is 47.2 Å². The van der Waals surface area contributed by atoms with Crippen molar-refractivity contribution in [2.45, 2.75) is 43.4 Å². The van der Waals surface area contributed by atoms with E-state index in [1.165, 1.54) is 24.7 Å². The number of nitrogens with zero attached hydrogens (tertiary/aromatic N) is 1. The van der Waals surface area contributed by atoms with E-state index in [2.05, 4.69) is 43.5 Å². The Bertz CT molecular complexity index is 1560. The quantitative estimate of drug-likeness (QED) is 0.0914. The van der Waals surface area contributed by atoms with Crippen molar-refractivity contribution in [2.75, 3.05) is 5.75 Å². The SMILES string of the molecule is NC(Cc1ccc(O)cc1)C(=O)NC(Cc1cnc[nH]1)C(=O)NC(Cc1c[nH]c2ccccc12)C(=O)NC(CS)C(=O)O. The number of carboxylic acids is 1. The fourth-order valence-electron chi connectivity index (χ4n) is 4.54. The molecule has 43 heavy (non-hydrogen) atoms. The first-order chi connectivity index (χ1) is 20.6. The van der Waals surface area contributed by atoms with E-state index in [1.54, 1.807) is 18.3 Å². The molecule has 3 amide bonds. The van der Waals surface area contributed by atoms with Crippen LogP contribution in [0.5, 0.6) is 5.75 Å². The molecule has 2 aromatic heterocycles. The number of thiol groups is 1. The molecule has 0 bridgehead atoms. The molecule has 4 rings (SSSR count). The van der Waals surface area contributed by atoms with E-state index in [-0.39, 0.29) is 30.8 Å². The zero-order chi connectivity index (χ0) is 30.9. The molecule has 0 aliphatic heterocycles. The number of hydrogen-bond acceptors (Lipinski definition) is 8. The van der Waals surface area contributed by atoms with E-state index < -0.39 is 47.9 Å². The second-order valence-electron chi connectivity index (χ2n) is 10.0. The van der Waals surface area contributed by atoms with Crippen molar-refractivity contribution in [1.82, 2.24) is 30.9 Å². The second-order valence-corrected chi connectivity index (χ2v) is 10.4. The number of carboxylic acid groups (broad SMARTS) is 1. The number of aliphatic carboxylic acids is 1. The highest BCUT2D eigenvalue weighted by molar-refractivity contribution is 7.80. The van der Waals surface area contributed by atoms with E-state index in [4.69, 9.17) is 5.73 Å². The van der Waals surface area contributed by atoms with Crippen molar-refractivity contribution in [2.24, 2.45) is 5.73 Å². The molecular weight excluding hydrogens is 574 g/mol. The van der Waals surface area contributed by atoms with Gasteiger partial charge in [0.15, 0.2) is 0 Å². The largest absolute Gasteiger partial charge is 0.508 e. The fraction of sp³-hybridized carbons (Fsp3) is 0.276. The van der Waals surface area contributed by atoms with Gasteiger partial charge in [0.1, 0.15) is 23.9 Å². The molecule has 13 nitrogen and oxygen atoms in total. The molecule has 0 fully saturated rings. The summed E-state index contributed by atoms with van der Waals surface area (Å²) in [5.41, 5.74) is 8.95. The molecule has 14 heteroatoms. The number of phenols is 1. The van der Waals surface area contributed by atoms with Crippen molar-refractivity contribution in [3.05, 3.63) is 84.1 Å². The molecule has 0 saturated carbocycles. The van der Waals surface area contributed by atoms with Crippen molar-refractivity contribution in [3.63, 3.8) is 0 Å². The second kappa shape index (κ2) is 14.4. The Balaban J connectivity index is 1.55. The zero-order valence-corrected chi connectivity index (χ0v) is 23.9. The molecule has 0 aliphatic carbocycles. The third-order valence-electron chi connectivity index (χ3n) is 6.87. The van der Waals surface area contributed by atoms with Crippen LogP contribution in [0.4, 0.5) is 0 Å². The Kier molecular flexibility index (Phi) is 10.4. The molecule has 226 valence electrons. The number of nitrogens with one attached hydrogen (secondary N) is 5. The van der Waals surface area contributed by atoms with Crippen LogP contribution in [-0.2, 0) is 38.4 Å². The molecule has 2 heterocycles. The topological polar surface area (TPSA) is 215 Å². The zero-order valence-electron chi connectivity index (χ0n) is 23.0. The summed E-state index contributed by atoms with van der Waals surface area (Å²) in [5.74, 6) is -3.37. The van der Waals surface area contributed by atoms with Gasteiger partial charge in [-0.25, -0.2) is 9.78 Å². The summed E-state index contributed by atoms with van der Waals surface area (Å²) >= 11 is 4.02. The Morgan fingerprint density at radius 3 is 2.16 bits per heavy atom. The maximum Gasteiger partial charge on any atom is 0.327 e. The van der Waals surface area contributed by atoms with Crippen LogP contribution in [0.2, 0.25) is 0 Å². The summed E-state index contributed by atoms with van der Waals surface area (Å²) in [7, 11) is 0. The average Bonchev–Trinajstić information content (AvgIpc) is 3.66. The van der Waals surface area contributed by atoms with Gasteiger partial charge in [0.05, 0.1) is 12.4 Å². The number of nitrogens with two attached hydrogens (primary N) is 1. The van der Waals surface area contributed by atoms with Gasteiger partial charge >= 0.3 is 5.97 Å². The summed E-state index contributed by atoms with van der Waals surface area (Å²) in [4.78, 5) is 61.7. The van der Waals surface area contributed by atoms with Crippen LogP contribution in [0.25, 0.3) is 10.9 Å². The van der Waals surface area contributed by atoms with Crippen LogP contribution in [0, 0.1) is 0 Å². The third-order valence-corrected chi connectivity index (χ3v) is 7.23. The summed E-state index contributed by atoms with van der Waals surface area (Å²) < 4.78 is 0. The van der Waals surface area contributed by atoms with Gasteiger partial charge in [-0.15, -0.1) is 0 Å². The Labute approximate surface area is 252 Å². The minimum absolute atomic E-state index is 0.0132. The van der Waals surface area contributed by atoms with Crippen molar-refractivity contribution in [1.29, 1.82) is 0 Å². The number of rotatable bonds is 14. The average molecular weight is 608 g/mol. The van der Waals surface area contributed by atoms with E-state index >= 15 is 0 Å². The van der Waals surface area contributed by atoms with Crippen molar-refractivity contribution < 1.29 is 29.4 Å². The lowest BCUT2D eigenvalue weighted by Gasteiger charge is -2.25. The molecule has 4 unspecified atom stereocenters. The lowest BCUT2D eigenvalue weighted by molar-refractivity contribution is -0.141. The van der Waals surface area contributed by atoms with Gasteiger partial charge in [-0.3, -0.25) is 14.4 Å². The minimum Gasteiger partial charge on any atom is -0.508 e. The number of hydrogen-bond donors (Lipinski definition) is 9. The van der Waals surface area contributed by atoms with Gasteiger partial charge in [0.2, 0.25) is 17.7 Å². The number of aromatic hydroxyl groups is 1. The van der Waals surface area contributed by atoms with Gasteiger partial charge in [0.25, 0.3) is 0 Å². The highest BCUT2D eigenvalue weighted by atomic mass is 32.1. The maximum absolute atomic E-state index is 13.7. The first-order valence-electron chi connectivity index (χ1n) is 13.4. The number of carbonyl (C=O) groups excluding carboxylic acids is 3. The number of fused-ring (bicyclic) bond motifs is 1. The van der Waals surface area contributed by atoms with Crippen LogP contribution < -0.4 is 21.7 Å². The lowest BCUT2D eigenvalue weighted by atomic mass is 10.0. The van der Waals surface area contributed by atoms with Crippen LogP contribution in [-0.4, -0.2) is 78.8 Å². The first-order valence-corrected chi connectivity index (χ1v) is 14.1. The highest BCUT2D eigenvalue weighted by Crippen LogP contribution is 2.19. The standard InChI is InChI=1S/C29H33N7O6S/c30-21(9-16-5-7-19(37)8-6-16)26(38)34-24(11-18-13-31-15-33-18)28(40)35-23(27(39)36-25(14-43)29(41)42)10-17-12-32-22-4-2-1-3-20(17)22/h1-8,12-13,15,21,23-25,32,37,43H,9-11,14,30H2,(H,31,33)(H,34,38)(H,35,40)(H,36,39)(H,41,42). The monoisotopic (exact) mass is 607 g/mol. The fourth-order valence-corrected chi connectivity index (χ4v) is 4.79. The smallest absolute Gasteiger partial charge is 0.327 e. The maximum atomic E-state index is 13.7. The molecular formula is C29H33N7O6S. The molecule has 0 radical (unpaired) electrons. The number of carbonyl (C=O) groups is 4. The third kappa shape index (κ3) is 8.36. The first kappa shape index (κ1) is 31.1. The van der Waals surface area contributed by atoms with Crippen LogP contribution in [0.3, 0.4) is 0 Å². The predicted molar refractivity (Wildman–Crippen MR) is 161 cm³/mol. The van der Waals surface area contributed by atoms with Crippen LogP contribution in [0.1, 0.15) is 16.8 Å². The summed E-state index contributed by atoms with van der Waals surface area (Å²) in [6.45, 7) is 0. The van der Waals surface area contributed by atoms with Gasteiger partial charge in [-0.05, 0) is 35.7 Å². The van der Waals surface area contributed by atoms with Gasteiger partial charge < -0.3 is 41.9 Å². The number of H-pyrrole nitrogens is 2. The highest BCUT2D eigenvalue weighted by Gasteiger charge is 2.31. The van der Waals surface area contributed by atoms with Gasteiger partial charge in [-0.1, -0.05) is 30.3 Å². The summed E-state index contributed by atoms with van der Waals surface area (Å²) in [6, 6.07) is 9.02. The number of imidazole rings is 1. The molecule has 9 N–H and O–H groups in total. The minimum atomic E-state index is -1.28. The predicted octanol–water partition coefficient (Wildman–Crippen LogP) is 0.421. The normalized spacial score (nSPS) is 13.9. The van der Waals surface area contributed by atoms with Crippen LogP contribution >= 0.6 is 12.6 Å². The lowest BCUT2D eigenvalue weighted by Crippen LogP contribution is -2.58. The molecule has 2 aromatic carbocycles. The molecule has 4 atom stereocenters. The molecule has 0 saturated heterocycles. The van der Waals surface area contributed by atoms with E-state index in [1.807, 2.05) is 24.3 Å². The van der Waals surface area contributed by atoms with Gasteiger partial charge in [0, 0.05) is 47.6 Å². The van der Waals surface area contributed by atoms with Crippen LogP contribution in [0.15, 0.2) is 67.3 Å². The number of aromatic nitrogens is 3. The number of aromatic amines is 2. The van der Waals surface area contributed by atoms with E-state index in [9.17, 15) is 29.4 Å². The number of amides is 3. The number of para-hydroxylation sites is 1. The molecule has 0 aliphatic rings. The Hall–Kier alpha value is -4.82. The molecule has 4 aromatic rings. The molecule has 0 spiro atoms. The number of benzene rings is 2. The van der Waals surface area contributed by atoms with Crippen molar-refractivity contribution in [3.8, 4) is 5.75 Å². The Morgan fingerprint density at radius 2 is 1.51 bits per heavy atom. The van der Waals surface area contributed by atoms with Gasteiger partial charge in [-0.2, -0.15) is 12.6 Å². The summed E-state index contributed by atoms with van der Waals surface area (Å²) in [5, 5.41) is 27.6. The summed E-state index contributed by atoms with van der Waals surface area (Å²) in [6.07, 6.45) is 4.85. The van der Waals surface area contributed by atoms with E-state index in [0.717, 1.165) is 16.5 Å². The number of phenolic OH excluding ortho intramolecular Hbond substituents is 1.